The molecule has 1 heterocycles. The summed E-state index contributed by atoms with van der Waals surface area (Å²) >= 11 is 7.20. The van der Waals surface area contributed by atoms with Gasteiger partial charge in [0.05, 0.1) is 24.0 Å². The second-order valence-electron chi connectivity index (χ2n) is 3.45. The van der Waals surface area contributed by atoms with Gasteiger partial charge in [0.15, 0.2) is 0 Å². The fourth-order valence-electron chi connectivity index (χ4n) is 1.17. The molecule has 0 unspecified atom stereocenters. The van der Waals surface area contributed by atoms with Gasteiger partial charge in [0.2, 0.25) is 5.91 Å². The normalized spacial score (nSPS) is 10.2. The van der Waals surface area contributed by atoms with Gasteiger partial charge in [0.1, 0.15) is 0 Å². The third kappa shape index (κ3) is 5.16. The van der Waals surface area contributed by atoms with Crippen LogP contribution in [0.3, 0.4) is 0 Å². The fourth-order valence-corrected chi connectivity index (χ4v) is 2.31. The number of aliphatic carboxylic acids is 1. The lowest BCUT2D eigenvalue weighted by Gasteiger charge is -2.16. The van der Waals surface area contributed by atoms with Crippen molar-refractivity contribution in [3.05, 3.63) is 21.3 Å². The summed E-state index contributed by atoms with van der Waals surface area (Å²) in [5.41, 5.74) is 0. The summed E-state index contributed by atoms with van der Waals surface area (Å²) in [4.78, 5) is 24.3. The maximum atomic E-state index is 11.6. The number of thiophene rings is 1. The molecule has 1 aromatic rings. The monoisotopic (exact) mass is 276 g/mol. The summed E-state index contributed by atoms with van der Waals surface area (Å²) in [6, 6.07) is 3.64. The van der Waals surface area contributed by atoms with E-state index in [9.17, 15) is 9.59 Å². The molecule has 0 saturated carbocycles. The van der Waals surface area contributed by atoms with E-state index in [1.807, 2.05) is 6.07 Å². The zero-order chi connectivity index (χ0) is 12.8. The van der Waals surface area contributed by atoms with Crippen LogP contribution in [-0.2, 0) is 16.1 Å². The Labute approximate surface area is 108 Å². The van der Waals surface area contributed by atoms with Crippen LogP contribution in [0.2, 0.25) is 4.34 Å². The van der Waals surface area contributed by atoms with Gasteiger partial charge in [0.25, 0.3) is 0 Å². The molecule has 0 aliphatic rings. The Hall–Kier alpha value is -1.11. The third-order valence-electron chi connectivity index (χ3n) is 2.00. The number of carbonyl (C=O) groups is 2. The Balaban J connectivity index is 2.34. The van der Waals surface area contributed by atoms with Crippen LogP contribution in [0.25, 0.3) is 0 Å². The molecule has 0 saturated heterocycles. The van der Waals surface area contributed by atoms with Crippen molar-refractivity contribution in [3.8, 4) is 0 Å². The van der Waals surface area contributed by atoms with Crippen LogP contribution in [0.15, 0.2) is 12.1 Å². The van der Waals surface area contributed by atoms with Gasteiger partial charge in [-0.3, -0.25) is 14.9 Å². The van der Waals surface area contributed by atoms with Crippen molar-refractivity contribution in [2.24, 2.45) is 0 Å². The Bertz CT molecular complexity index is 408. The van der Waals surface area contributed by atoms with Crippen molar-refractivity contribution in [3.63, 3.8) is 0 Å². The van der Waals surface area contributed by atoms with Gasteiger partial charge >= 0.3 is 5.97 Å². The highest BCUT2D eigenvalue weighted by atomic mass is 35.5. The van der Waals surface area contributed by atoms with Crippen molar-refractivity contribution in [2.75, 3.05) is 20.1 Å². The van der Waals surface area contributed by atoms with Gasteiger partial charge in [-0.25, -0.2) is 0 Å². The summed E-state index contributed by atoms with van der Waals surface area (Å²) < 4.78 is 0.685. The van der Waals surface area contributed by atoms with Crippen LogP contribution in [0.4, 0.5) is 0 Å². The molecule has 1 amide bonds. The predicted molar refractivity (Wildman–Crippen MR) is 66.3 cm³/mol. The topological polar surface area (TPSA) is 69.6 Å². The molecule has 0 spiro atoms. The number of nitrogens with one attached hydrogen (secondary N) is 1. The lowest BCUT2D eigenvalue weighted by Crippen LogP contribution is -2.36. The molecular formula is C10H13ClN2O3S. The van der Waals surface area contributed by atoms with E-state index in [0.29, 0.717) is 10.9 Å². The molecule has 0 atom stereocenters. The summed E-state index contributed by atoms with van der Waals surface area (Å²) in [6.45, 7) is 0.275. The van der Waals surface area contributed by atoms with Gasteiger partial charge in [-0.15, -0.1) is 11.3 Å². The molecule has 1 rings (SSSR count). The Morgan fingerprint density at radius 3 is 2.71 bits per heavy atom. The summed E-state index contributed by atoms with van der Waals surface area (Å²) in [5.74, 6) is -1.14. The lowest BCUT2D eigenvalue weighted by molar-refractivity contribution is -0.136. The largest absolute Gasteiger partial charge is 0.480 e. The Morgan fingerprint density at radius 1 is 1.47 bits per heavy atom. The highest BCUT2D eigenvalue weighted by Crippen LogP contribution is 2.22. The zero-order valence-electron chi connectivity index (χ0n) is 9.27. The molecule has 0 aromatic carbocycles. The molecule has 17 heavy (non-hydrogen) atoms. The van der Waals surface area contributed by atoms with Crippen molar-refractivity contribution < 1.29 is 14.7 Å². The molecular weight excluding hydrogens is 264 g/mol. The number of carboxylic acid groups (broad SMARTS) is 1. The Morgan fingerprint density at radius 2 is 2.18 bits per heavy atom. The minimum Gasteiger partial charge on any atom is -0.480 e. The third-order valence-corrected chi connectivity index (χ3v) is 3.22. The van der Waals surface area contributed by atoms with Gasteiger partial charge in [-0.1, -0.05) is 11.6 Å². The van der Waals surface area contributed by atoms with Crippen LogP contribution in [0, 0.1) is 0 Å². The number of carboxylic acids is 1. The van der Waals surface area contributed by atoms with Crippen LogP contribution in [0.1, 0.15) is 4.88 Å². The average molecular weight is 277 g/mol. The maximum absolute atomic E-state index is 11.6. The van der Waals surface area contributed by atoms with Gasteiger partial charge in [-0.05, 0) is 12.1 Å². The minimum atomic E-state index is -0.981. The molecule has 0 aliphatic carbocycles. The van der Waals surface area contributed by atoms with E-state index in [1.165, 1.54) is 16.2 Å². The number of carbonyl (C=O) groups excluding carboxylic acids is 1. The van der Waals surface area contributed by atoms with Crippen molar-refractivity contribution >= 4 is 34.8 Å². The molecule has 5 nitrogen and oxygen atoms in total. The average Bonchev–Trinajstić information content (AvgIpc) is 2.63. The standard InChI is InChI=1S/C10H13ClN2O3S/c1-13(6-7-2-3-8(11)17-7)9(14)4-12-5-10(15)16/h2-3,12H,4-6H2,1H3,(H,15,16). The SMILES string of the molecule is CN(Cc1ccc(Cl)s1)C(=O)CNCC(=O)O. The fraction of sp³-hybridized carbons (Fsp3) is 0.400. The predicted octanol–water partition coefficient (Wildman–Crippen LogP) is 1.03. The van der Waals surface area contributed by atoms with Crippen LogP contribution in [-0.4, -0.2) is 42.0 Å². The molecule has 7 heteroatoms. The second kappa shape index (κ2) is 6.58. The number of amides is 1. The summed E-state index contributed by atoms with van der Waals surface area (Å²) in [7, 11) is 1.67. The second-order valence-corrected chi connectivity index (χ2v) is 5.25. The molecule has 0 fully saturated rings. The molecule has 0 bridgehead atoms. The van der Waals surface area contributed by atoms with Crippen molar-refractivity contribution in [1.82, 2.24) is 10.2 Å². The Kier molecular flexibility index (Phi) is 5.40. The maximum Gasteiger partial charge on any atom is 0.317 e. The van der Waals surface area contributed by atoms with Gasteiger partial charge in [-0.2, -0.15) is 0 Å². The highest BCUT2D eigenvalue weighted by molar-refractivity contribution is 7.16. The summed E-state index contributed by atoms with van der Waals surface area (Å²) in [5, 5.41) is 10.9. The number of nitrogens with zero attached hydrogens (tertiary/aromatic N) is 1. The van der Waals surface area contributed by atoms with Gasteiger partial charge in [0, 0.05) is 11.9 Å². The smallest absolute Gasteiger partial charge is 0.317 e. The quantitative estimate of drug-likeness (QED) is 0.814. The first-order chi connectivity index (χ1) is 7.99. The van der Waals surface area contributed by atoms with E-state index < -0.39 is 5.97 Å². The zero-order valence-corrected chi connectivity index (χ0v) is 10.8. The van der Waals surface area contributed by atoms with E-state index in [0.717, 1.165) is 4.88 Å². The van der Waals surface area contributed by atoms with Crippen LogP contribution < -0.4 is 5.32 Å². The highest BCUT2D eigenvalue weighted by Gasteiger charge is 2.10. The summed E-state index contributed by atoms with van der Waals surface area (Å²) in [6.07, 6.45) is 0. The molecule has 1 aromatic heterocycles. The molecule has 0 radical (unpaired) electrons. The number of hydrogen-bond donors (Lipinski definition) is 2. The number of hydrogen-bond acceptors (Lipinski definition) is 4. The lowest BCUT2D eigenvalue weighted by atomic mass is 10.4. The minimum absolute atomic E-state index is 0.0158. The number of likely N-dealkylation sites (N-methyl/N-ethyl adjacent to an activating group) is 1. The first kappa shape index (κ1) is 14.0. The van der Waals surface area contributed by atoms with Crippen molar-refractivity contribution in [1.29, 1.82) is 0 Å². The number of rotatable bonds is 6. The van der Waals surface area contributed by atoms with E-state index in [4.69, 9.17) is 16.7 Å². The van der Waals surface area contributed by atoms with Crippen LogP contribution >= 0.6 is 22.9 Å². The van der Waals surface area contributed by atoms with E-state index in [2.05, 4.69) is 5.32 Å². The molecule has 0 aliphatic heterocycles. The first-order valence-electron chi connectivity index (χ1n) is 4.89. The van der Waals surface area contributed by atoms with Crippen molar-refractivity contribution in [2.45, 2.75) is 6.54 Å². The first-order valence-corrected chi connectivity index (χ1v) is 6.09. The molecule has 2 N–H and O–H groups in total. The number of halogens is 1. The molecule has 94 valence electrons. The van der Waals surface area contributed by atoms with E-state index in [-0.39, 0.29) is 19.0 Å². The van der Waals surface area contributed by atoms with E-state index >= 15 is 0 Å². The van der Waals surface area contributed by atoms with E-state index in [1.54, 1.807) is 13.1 Å². The van der Waals surface area contributed by atoms with Crippen LogP contribution in [0.5, 0.6) is 0 Å². The van der Waals surface area contributed by atoms with Gasteiger partial charge < -0.3 is 10.0 Å².